The van der Waals surface area contributed by atoms with E-state index in [0.29, 0.717) is 5.70 Å². The Morgan fingerprint density at radius 1 is 1.57 bits per heavy atom. The molecule has 0 aliphatic rings. The summed E-state index contributed by atoms with van der Waals surface area (Å²) in [5.74, 6) is -0.0408. The molecule has 0 fully saturated rings. The predicted molar refractivity (Wildman–Crippen MR) is 59.5 cm³/mol. The van der Waals surface area contributed by atoms with Gasteiger partial charge in [0.05, 0.1) is 5.75 Å². The first kappa shape index (κ1) is 15.9. The van der Waals surface area contributed by atoms with Crippen LogP contribution in [0.3, 0.4) is 0 Å². The molecule has 1 unspecified atom stereocenters. The highest BCUT2D eigenvalue weighted by Crippen LogP contribution is 2.06. The van der Waals surface area contributed by atoms with Crippen molar-refractivity contribution in [3.63, 3.8) is 0 Å². The average molecular weight is 223 g/mol. The van der Waals surface area contributed by atoms with Gasteiger partial charge in [0.1, 0.15) is 0 Å². The molecule has 0 aromatic rings. The van der Waals surface area contributed by atoms with E-state index >= 15 is 0 Å². The first-order valence-corrected chi connectivity index (χ1v) is 6.16. The molecule has 0 saturated heterocycles. The SMILES string of the molecule is C=C(C)N.CCCC(C)CS(=O)(=O)O. The van der Waals surface area contributed by atoms with Gasteiger partial charge in [-0.2, -0.15) is 8.42 Å². The highest BCUT2D eigenvalue weighted by atomic mass is 32.2. The number of hydrogen-bond donors (Lipinski definition) is 2. The molecule has 5 heteroatoms. The lowest BCUT2D eigenvalue weighted by Crippen LogP contribution is -2.11. The van der Waals surface area contributed by atoms with Crippen LogP contribution in [0.15, 0.2) is 12.3 Å². The monoisotopic (exact) mass is 223 g/mol. The van der Waals surface area contributed by atoms with Gasteiger partial charge in [-0.15, -0.1) is 0 Å². The molecule has 0 aliphatic carbocycles. The Bertz CT molecular complexity index is 243. The molecule has 0 bridgehead atoms. The number of allylic oxidation sites excluding steroid dienone is 1. The van der Waals surface area contributed by atoms with Crippen molar-refractivity contribution < 1.29 is 13.0 Å². The van der Waals surface area contributed by atoms with Crippen LogP contribution < -0.4 is 5.73 Å². The maximum atomic E-state index is 10.3. The molecule has 0 aliphatic heterocycles. The molecule has 3 N–H and O–H groups in total. The normalized spacial score (nSPS) is 12.6. The average Bonchev–Trinajstić information content (AvgIpc) is 1.80. The van der Waals surface area contributed by atoms with Gasteiger partial charge in [-0.05, 0) is 25.0 Å². The molecule has 1 atom stereocenters. The third-order valence-electron chi connectivity index (χ3n) is 1.28. The summed E-state index contributed by atoms with van der Waals surface area (Å²) >= 11 is 0. The number of hydrogen-bond acceptors (Lipinski definition) is 3. The van der Waals surface area contributed by atoms with Crippen LogP contribution in [-0.4, -0.2) is 18.7 Å². The lowest BCUT2D eigenvalue weighted by molar-refractivity contribution is 0.462. The highest BCUT2D eigenvalue weighted by Gasteiger charge is 2.10. The predicted octanol–water partition coefficient (Wildman–Crippen LogP) is 1.79. The summed E-state index contributed by atoms with van der Waals surface area (Å²) in [6, 6.07) is 0. The van der Waals surface area contributed by atoms with E-state index in [-0.39, 0.29) is 11.7 Å². The van der Waals surface area contributed by atoms with Crippen molar-refractivity contribution in [1.29, 1.82) is 0 Å². The van der Waals surface area contributed by atoms with Crippen LogP contribution in [0.5, 0.6) is 0 Å². The van der Waals surface area contributed by atoms with Crippen LogP contribution in [-0.2, 0) is 10.1 Å². The Balaban J connectivity index is 0. The van der Waals surface area contributed by atoms with E-state index in [1.807, 2.05) is 13.8 Å². The molecule has 0 aromatic heterocycles. The zero-order valence-corrected chi connectivity index (χ0v) is 9.97. The summed E-state index contributed by atoms with van der Waals surface area (Å²) in [4.78, 5) is 0. The van der Waals surface area contributed by atoms with Crippen molar-refractivity contribution in [3.8, 4) is 0 Å². The van der Waals surface area contributed by atoms with Gasteiger partial charge < -0.3 is 5.73 Å². The Morgan fingerprint density at radius 2 is 1.93 bits per heavy atom. The maximum Gasteiger partial charge on any atom is 0.265 e. The van der Waals surface area contributed by atoms with E-state index in [0.717, 1.165) is 12.8 Å². The third-order valence-corrected chi connectivity index (χ3v) is 2.27. The van der Waals surface area contributed by atoms with E-state index in [2.05, 4.69) is 6.58 Å². The molecular weight excluding hydrogens is 202 g/mol. The van der Waals surface area contributed by atoms with Gasteiger partial charge in [-0.3, -0.25) is 4.55 Å². The summed E-state index contributed by atoms with van der Waals surface area (Å²) in [5, 5.41) is 0. The van der Waals surface area contributed by atoms with E-state index in [1.54, 1.807) is 6.92 Å². The van der Waals surface area contributed by atoms with Crippen molar-refractivity contribution in [2.45, 2.75) is 33.6 Å². The fourth-order valence-electron chi connectivity index (χ4n) is 0.936. The molecule has 14 heavy (non-hydrogen) atoms. The van der Waals surface area contributed by atoms with E-state index in [9.17, 15) is 8.42 Å². The molecule has 0 saturated carbocycles. The Labute approximate surface area is 86.9 Å². The van der Waals surface area contributed by atoms with Gasteiger partial charge in [0.15, 0.2) is 0 Å². The maximum absolute atomic E-state index is 10.3. The van der Waals surface area contributed by atoms with Gasteiger partial charge in [-0.1, -0.05) is 26.8 Å². The highest BCUT2D eigenvalue weighted by molar-refractivity contribution is 7.85. The van der Waals surface area contributed by atoms with E-state index < -0.39 is 10.1 Å². The second-order valence-corrected chi connectivity index (χ2v) is 4.99. The van der Waals surface area contributed by atoms with Crippen molar-refractivity contribution in [2.24, 2.45) is 11.7 Å². The summed E-state index contributed by atoms with van der Waals surface area (Å²) in [5.41, 5.74) is 5.58. The van der Waals surface area contributed by atoms with Crippen molar-refractivity contribution >= 4 is 10.1 Å². The zero-order valence-electron chi connectivity index (χ0n) is 9.16. The van der Waals surface area contributed by atoms with Gasteiger partial charge in [0.2, 0.25) is 0 Å². The first-order chi connectivity index (χ1) is 6.19. The first-order valence-electron chi connectivity index (χ1n) is 4.55. The quantitative estimate of drug-likeness (QED) is 0.712. The molecule has 0 rings (SSSR count). The van der Waals surface area contributed by atoms with Crippen molar-refractivity contribution in [3.05, 3.63) is 12.3 Å². The van der Waals surface area contributed by atoms with Crippen LogP contribution in [0.25, 0.3) is 0 Å². The summed E-state index contributed by atoms with van der Waals surface area (Å²) in [7, 11) is -3.75. The minimum Gasteiger partial charge on any atom is -0.403 e. The summed E-state index contributed by atoms with van der Waals surface area (Å²) < 4.78 is 28.9. The Kier molecular flexibility index (Phi) is 8.88. The second kappa shape index (κ2) is 7.82. The lowest BCUT2D eigenvalue weighted by Gasteiger charge is -2.05. The largest absolute Gasteiger partial charge is 0.403 e. The Hall–Kier alpha value is -0.550. The van der Waals surface area contributed by atoms with Crippen LogP contribution in [0.2, 0.25) is 0 Å². The molecule has 0 spiro atoms. The van der Waals surface area contributed by atoms with E-state index in [1.165, 1.54) is 0 Å². The minimum absolute atomic E-state index is 0.0694. The van der Waals surface area contributed by atoms with Gasteiger partial charge in [0, 0.05) is 0 Å². The van der Waals surface area contributed by atoms with Crippen molar-refractivity contribution in [1.82, 2.24) is 0 Å². The van der Waals surface area contributed by atoms with E-state index in [4.69, 9.17) is 10.3 Å². The molecule has 0 amide bonds. The minimum atomic E-state index is -3.75. The fraction of sp³-hybridized carbons (Fsp3) is 0.778. The molecule has 0 heterocycles. The van der Waals surface area contributed by atoms with Crippen LogP contribution in [0, 0.1) is 5.92 Å². The van der Waals surface area contributed by atoms with Gasteiger partial charge >= 0.3 is 0 Å². The van der Waals surface area contributed by atoms with Gasteiger partial charge in [-0.25, -0.2) is 0 Å². The molecule has 0 radical (unpaired) electrons. The number of rotatable bonds is 4. The molecule has 0 aromatic carbocycles. The lowest BCUT2D eigenvalue weighted by atomic mass is 10.1. The van der Waals surface area contributed by atoms with Gasteiger partial charge in [0.25, 0.3) is 10.1 Å². The smallest absolute Gasteiger partial charge is 0.265 e. The van der Waals surface area contributed by atoms with Crippen molar-refractivity contribution in [2.75, 3.05) is 5.75 Å². The van der Waals surface area contributed by atoms with Crippen LogP contribution in [0.4, 0.5) is 0 Å². The molecule has 4 nitrogen and oxygen atoms in total. The standard InChI is InChI=1S/C6H14O3S.C3H7N/c1-3-4-6(2)5-10(7,8)9;1-3(2)4/h6H,3-5H2,1-2H3,(H,7,8,9);1,4H2,2H3. The summed E-state index contributed by atoms with van der Waals surface area (Å²) in [6.45, 7) is 8.89. The second-order valence-electron chi connectivity index (χ2n) is 3.49. The van der Waals surface area contributed by atoms with Crippen LogP contribution in [0.1, 0.15) is 33.6 Å². The molecular formula is C9H21NO3S. The zero-order chi connectivity index (χ0) is 11.8. The number of nitrogens with two attached hydrogens (primary N) is 1. The molecule has 86 valence electrons. The fourth-order valence-corrected chi connectivity index (χ4v) is 1.82. The summed E-state index contributed by atoms with van der Waals surface area (Å²) in [6.07, 6.45) is 1.80. The third kappa shape index (κ3) is 22.5. The van der Waals surface area contributed by atoms with Crippen LogP contribution >= 0.6 is 0 Å². The Morgan fingerprint density at radius 3 is 2.14 bits per heavy atom. The topological polar surface area (TPSA) is 80.4 Å².